The van der Waals surface area contributed by atoms with Gasteiger partial charge in [-0.2, -0.15) is 4.98 Å². The summed E-state index contributed by atoms with van der Waals surface area (Å²) in [6.07, 6.45) is 6.59. The molecular weight excluding hydrogens is 304 g/mol. The number of likely N-dealkylation sites (N-methyl/N-ethyl adjacent to an activating group) is 1. The number of hydrogen-bond acceptors (Lipinski definition) is 6. The predicted molar refractivity (Wildman–Crippen MR) is 94.6 cm³/mol. The minimum Gasteiger partial charge on any atom is -0.368 e. The van der Waals surface area contributed by atoms with Crippen molar-refractivity contribution in [2.75, 3.05) is 44.3 Å². The van der Waals surface area contributed by atoms with Gasteiger partial charge < -0.3 is 20.9 Å². The number of amides is 1. The van der Waals surface area contributed by atoms with Crippen molar-refractivity contribution in [3.05, 3.63) is 11.8 Å². The van der Waals surface area contributed by atoms with Crippen molar-refractivity contribution in [3.63, 3.8) is 0 Å². The van der Waals surface area contributed by atoms with E-state index in [-0.39, 0.29) is 18.4 Å². The Morgan fingerprint density at radius 2 is 2.08 bits per heavy atom. The number of carbonyl (C=O) groups excluding carboxylic acids is 1. The monoisotopic (exact) mass is 332 g/mol. The molecule has 1 aliphatic heterocycles. The Labute approximate surface area is 143 Å². The van der Waals surface area contributed by atoms with E-state index in [1.54, 1.807) is 6.20 Å². The highest BCUT2D eigenvalue weighted by Gasteiger charge is 2.29. The van der Waals surface area contributed by atoms with Gasteiger partial charge in [-0.25, -0.2) is 4.98 Å². The second-order valence-electron chi connectivity index (χ2n) is 7.09. The van der Waals surface area contributed by atoms with Gasteiger partial charge in [0.2, 0.25) is 11.9 Å². The standard InChI is InChI=1S/C17H28N6O/c1-12-9-20-17(18)21-16(12)19-10-15(24)22(2)14-5-7-23(8-6-14)11-13-3-4-13/h9,13-14H,3-8,10-11H2,1-2H3,(H3,18,19,20,21). The van der Waals surface area contributed by atoms with Crippen LogP contribution in [0.2, 0.25) is 0 Å². The Hall–Kier alpha value is -1.89. The number of nitrogen functional groups attached to an aromatic ring is 1. The largest absolute Gasteiger partial charge is 0.368 e. The van der Waals surface area contributed by atoms with Gasteiger partial charge in [0, 0.05) is 44.5 Å². The second-order valence-corrected chi connectivity index (χ2v) is 7.09. The third kappa shape index (κ3) is 4.35. The van der Waals surface area contributed by atoms with Gasteiger partial charge in [0.1, 0.15) is 5.82 Å². The maximum absolute atomic E-state index is 12.5. The summed E-state index contributed by atoms with van der Waals surface area (Å²) in [5, 5.41) is 3.08. The van der Waals surface area contributed by atoms with Crippen molar-refractivity contribution < 1.29 is 4.79 Å². The zero-order valence-electron chi connectivity index (χ0n) is 14.7. The lowest BCUT2D eigenvalue weighted by molar-refractivity contribution is -0.130. The molecule has 0 aromatic carbocycles. The molecule has 2 aliphatic rings. The van der Waals surface area contributed by atoms with Crippen molar-refractivity contribution in [2.45, 2.75) is 38.6 Å². The zero-order valence-corrected chi connectivity index (χ0v) is 14.7. The summed E-state index contributed by atoms with van der Waals surface area (Å²) in [5.41, 5.74) is 6.48. The number of nitrogens with one attached hydrogen (secondary N) is 1. The van der Waals surface area contributed by atoms with Gasteiger partial charge in [-0.05, 0) is 38.5 Å². The van der Waals surface area contributed by atoms with E-state index in [1.807, 2.05) is 18.9 Å². The van der Waals surface area contributed by atoms with Crippen LogP contribution in [-0.2, 0) is 4.79 Å². The Bertz CT molecular complexity index is 580. The molecule has 2 heterocycles. The van der Waals surface area contributed by atoms with Crippen LogP contribution in [0, 0.1) is 12.8 Å². The van der Waals surface area contributed by atoms with Gasteiger partial charge in [-0.15, -0.1) is 0 Å². The molecule has 2 fully saturated rings. The first-order chi connectivity index (χ1) is 11.5. The smallest absolute Gasteiger partial charge is 0.241 e. The van der Waals surface area contributed by atoms with E-state index in [0.29, 0.717) is 11.9 Å². The fourth-order valence-electron chi connectivity index (χ4n) is 3.28. The summed E-state index contributed by atoms with van der Waals surface area (Å²) in [5.74, 6) is 1.87. The predicted octanol–water partition coefficient (Wildman–Crippen LogP) is 1.11. The van der Waals surface area contributed by atoms with Crippen LogP contribution >= 0.6 is 0 Å². The van der Waals surface area contributed by atoms with Gasteiger partial charge in [0.15, 0.2) is 0 Å². The van der Waals surface area contributed by atoms with Crippen molar-refractivity contribution in [1.82, 2.24) is 19.8 Å². The lowest BCUT2D eigenvalue weighted by Gasteiger charge is -2.37. The number of hydrogen-bond donors (Lipinski definition) is 2. The number of nitrogens with two attached hydrogens (primary N) is 1. The molecule has 1 saturated heterocycles. The average Bonchev–Trinajstić information content (AvgIpc) is 3.39. The second kappa shape index (κ2) is 7.34. The number of carbonyl (C=O) groups is 1. The van der Waals surface area contributed by atoms with Gasteiger partial charge in [0.25, 0.3) is 0 Å². The van der Waals surface area contributed by atoms with Crippen molar-refractivity contribution >= 4 is 17.7 Å². The molecular formula is C17H28N6O. The number of piperidine rings is 1. The average molecular weight is 332 g/mol. The Balaban J connectivity index is 1.45. The molecule has 1 amide bonds. The van der Waals surface area contributed by atoms with Crippen molar-refractivity contribution in [3.8, 4) is 0 Å². The number of aromatic nitrogens is 2. The zero-order chi connectivity index (χ0) is 17.1. The first kappa shape index (κ1) is 17.0. The maximum Gasteiger partial charge on any atom is 0.241 e. The van der Waals surface area contributed by atoms with E-state index in [2.05, 4.69) is 20.2 Å². The minimum atomic E-state index is 0.0900. The molecule has 132 valence electrons. The normalized spacial score (nSPS) is 19.2. The van der Waals surface area contributed by atoms with Crippen LogP contribution in [0.15, 0.2) is 6.20 Å². The summed E-state index contributed by atoms with van der Waals surface area (Å²) in [7, 11) is 1.91. The molecule has 24 heavy (non-hydrogen) atoms. The highest BCUT2D eigenvalue weighted by molar-refractivity contribution is 5.80. The van der Waals surface area contributed by atoms with E-state index < -0.39 is 0 Å². The van der Waals surface area contributed by atoms with E-state index in [9.17, 15) is 4.79 Å². The molecule has 0 spiro atoms. The number of rotatable bonds is 6. The van der Waals surface area contributed by atoms with Crippen LogP contribution < -0.4 is 11.1 Å². The lowest BCUT2D eigenvalue weighted by atomic mass is 10.0. The van der Waals surface area contributed by atoms with E-state index in [0.717, 1.165) is 37.4 Å². The van der Waals surface area contributed by atoms with Gasteiger partial charge >= 0.3 is 0 Å². The topological polar surface area (TPSA) is 87.4 Å². The molecule has 1 aliphatic carbocycles. The van der Waals surface area contributed by atoms with Gasteiger partial charge in [0.05, 0.1) is 6.54 Å². The van der Waals surface area contributed by atoms with Crippen LogP contribution in [0.1, 0.15) is 31.2 Å². The Morgan fingerprint density at radius 3 is 2.75 bits per heavy atom. The first-order valence-electron chi connectivity index (χ1n) is 8.84. The fraction of sp³-hybridized carbons (Fsp3) is 0.706. The molecule has 7 nitrogen and oxygen atoms in total. The van der Waals surface area contributed by atoms with E-state index >= 15 is 0 Å². The summed E-state index contributed by atoms with van der Waals surface area (Å²) in [6.45, 7) is 5.59. The molecule has 7 heteroatoms. The van der Waals surface area contributed by atoms with Crippen LogP contribution in [0.4, 0.5) is 11.8 Å². The van der Waals surface area contributed by atoms with Crippen LogP contribution in [0.25, 0.3) is 0 Å². The first-order valence-corrected chi connectivity index (χ1v) is 8.84. The third-order valence-electron chi connectivity index (χ3n) is 5.11. The molecule has 0 radical (unpaired) electrons. The van der Waals surface area contributed by atoms with Crippen LogP contribution in [-0.4, -0.2) is 64.9 Å². The summed E-state index contributed by atoms with van der Waals surface area (Å²) in [4.78, 5) is 25.0. The maximum atomic E-state index is 12.5. The summed E-state index contributed by atoms with van der Waals surface area (Å²) < 4.78 is 0. The van der Waals surface area contributed by atoms with Gasteiger partial charge in [-0.3, -0.25) is 4.79 Å². The van der Waals surface area contributed by atoms with Gasteiger partial charge in [-0.1, -0.05) is 0 Å². The summed E-state index contributed by atoms with van der Waals surface area (Å²) in [6, 6.07) is 0.339. The Morgan fingerprint density at radius 1 is 1.38 bits per heavy atom. The summed E-state index contributed by atoms with van der Waals surface area (Å²) >= 11 is 0. The lowest BCUT2D eigenvalue weighted by Crippen LogP contribution is -2.47. The molecule has 0 unspecified atom stereocenters. The molecule has 0 bridgehead atoms. The highest BCUT2D eigenvalue weighted by Crippen LogP contribution is 2.30. The van der Waals surface area contributed by atoms with E-state index in [4.69, 9.17) is 5.73 Å². The molecule has 3 N–H and O–H groups in total. The number of likely N-dealkylation sites (tertiary alicyclic amines) is 1. The van der Waals surface area contributed by atoms with Crippen LogP contribution in [0.3, 0.4) is 0 Å². The third-order valence-corrected chi connectivity index (χ3v) is 5.11. The SMILES string of the molecule is Cc1cnc(N)nc1NCC(=O)N(C)C1CCN(CC2CC2)CC1. The van der Waals surface area contributed by atoms with Crippen LogP contribution in [0.5, 0.6) is 0 Å². The minimum absolute atomic E-state index is 0.0900. The quantitative estimate of drug-likeness (QED) is 0.811. The molecule has 1 aromatic heterocycles. The molecule has 0 atom stereocenters. The molecule has 1 saturated carbocycles. The van der Waals surface area contributed by atoms with Crippen molar-refractivity contribution in [2.24, 2.45) is 5.92 Å². The molecule has 3 rings (SSSR count). The number of aryl methyl sites for hydroxylation is 1. The highest BCUT2D eigenvalue weighted by atomic mass is 16.2. The fourth-order valence-corrected chi connectivity index (χ4v) is 3.28. The Kier molecular flexibility index (Phi) is 5.18. The van der Waals surface area contributed by atoms with E-state index in [1.165, 1.54) is 19.4 Å². The number of anilines is 2. The van der Waals surface area contributed by atoms with Crippen molar-refractivity contribution in [1.29, 1.82) is 0 Å². The number of nitrogens with zero attached hydrogens (tertiary/aromatic N) is 4. The molecule has 1 aromatic rings.